The lowest BCUT2D eigenvalue weighted by molar-refractivity contribution is -0.138. The van der Waals surface area contributed by atoms with Crippen LogP contribution in [0, 0.1) is 11.8 Å². The molecule has 1 heterocycles. The average Bonchev–Trinajstić information content (AvgIpc) is 2.65. The van der Waals surface area contributed by atoms with Crippen molar-refractivity contribution in [2.45, 2.75) is 64.8 Å². The molecule has 0 aromatic rings. The summed E-state index contributed by atoms with van der Waals surface area (Å²) in [5.41, 5.74) is 0. The van der Waals surface area contributed by atoms with Crippen molar-refractivity contribution >= 4 is 5.91 Å². The minimum Gasteiger partial charge on any atom is -0.339 e. The van der Waals surface area contributed by atoms with Crippen LogP contribution in [0.15, 0.2) is 0 Å². The fourth-order valence-corrected chi connectivity index (χ4v) is 3.25. The van der Waals surface area contributed by atoms with Crippen molar-refractivity contribution in [2.24, 2.45) is 11.8 Å². The van der Waals surface area contributed by atoms with Gasteiger partial charge in [-0.15, -0.1) is 0 Å². The Balaban J connectivity index is 1.98. The number of likely N-dealkylation sites (tertiary alicyclic amines) is 1. The summed E-state index contributed by atoms with van der Waals surface area (Å²) in [5.74, 6) is 1.56. The van der Waals surface area contributed by atoms with E-state index in [1.54, 1.807) is 0 Å². The molecular formula is C14H25NO. The maximum absolute atomic E-state index is 12.4. The summed E-state index contributed by atoms with van der Waals surface area (Å²) in [4.78, 5) is 14.6. The first kappa shape index (κ1) is 11.9. The third-order valence-corrected chi connectivity index (χ3v) is 4.61. The van der Waals surface area contributed by atoms with Gasteiger partial charge in [0.15, 0.2) is 0 Å². The van der Waals surface area contributed by atoms with E-state index in [1.165, 1.54) is 32.1 Å². The van der Waals surface area contributed by atoms with Gasteiger partial charge in [0.25, 0.3) is 0 Å². The highest BCUT2D eigenvalue weighted by Crippen LogP contribution is 2.37. The second kappa shape index (κ2) is 5.20. The van der Waals surface area contributed by atoms with Crippen molar-refractivity contribution in [1.29, 1.82) is 0 Å². The maximum atomic E-state index is 12.4. The molecule has 2 aliphatic rings. The molecule has 92 valence electrons. The van der Waals surface area contributed by atoms with Crippen LogP contribution in [0.5, 0.6) is 0 Å². The van der Waals surface area contributed by atoms with Crippen molar-refractivity contribution in [3.05, 3.63) is 0 Å². The molecule has 1 saturated carbocycles. The Morgan fingerprint density at radius 1 is 1.19 bits per heavy atom. The van der Waals surface area contributed by atoms with Crippen LogP contribution in [0.4, 0.5) is 0 Å². The molecule has 1 saturated heterocycles. The monoisotopic (exact) mass is 223 g/mol. The molecule has 2 rings (SSSR count). The molecule has 0 aromatic heterocycles. The van der Waals surface area contributed by atoms with Crippen molar-refractivity contribution in [2.75, 3.05) is 6.54 Å². The number of rotatable bonds is 4. The zero-order valence-corrected chi connectivity index (χ0v) is 10.7. The maximum Gasteiger partial charge on any atom is 0.225 e. The lowest BCUT2D eigenvalue weighted by Crippen LogP contribution is -2.44. The molecule has 0 aromatic carbocycles. The average molecular weight is 223 g/mol. The number of hydrogen-bond donors (Lipinski definition) is 0. The summed E-state index contributed by atoms with van der Waals surface area (Å²) >= 11 is 0. The largest absolute Gasteiger partial charge is 0.339 e. The Kier molecular flexibility index (Phi) is 3.88. The molecule has 2 heteroatoms. The van der Waals surface area contributed by atoms with Crippen LogP contribution in [-0.2, 0) is 4.79 Å². The Labute approximate surface area is 99.4 Å². The van der Waals surface area contributed by atoms with Gasteiger partial charge in [-0.25, -0.2) is 0 Å². The van der Waals surface area contributed by atoms with E-state index in [9.17, 15) is 4.79 Å². The summed E-state index contributed by atoms with van der Waals surface area (Å²) in [6.45, 7) is 5.30. The second-order valence-electron chi connectivity index (χ2n) is 5.45. The van der Waals surface area contributed by atoms with Gasteiger partial charge >= 0.3 is 0 Å². The third kappa shape index (κ3) is 2.11. The summed E-state index contributed by atoms with van der Waals surface area (Å²) < 4.78 is 0. The summed E-state index contributed by atoms with van der Waals surface area (Å²) in [6.07, 6.45) is 8.60. The number of hydrogen-bond acceptors (Lipinski definition) is 1. The summed E-state index contributed by atoms with van der Waals surface area (Å²) in [7, 11) is 0. The molecule has 0 radical (unpaired) electrons. The lowest BCUT2D eigenvalue weighted by atomic mass is 9.78. The lowest BCUT2D eigenvalue weighted by Gasteiger charge is -2.38. The Morgan fingerprint density at radius 3 is 2.38 bits per heavy atom. The summed E-state index contributed by atoms with van der Waals surface area (Å²) in [5, 5.41) is 0. The molecular weight excluding hydrogens is 198 g/mol. The molecule has 16 heavy (non-hydrogen) atoms. The van der Waals surface area contributed by atoms with Gasteiger partial charge in [-0.3, -0.25) is 4.79 Å². The molecule has 2 fully saturated rings. The molecule has 2 nitrogen and oxygen atoms in total. The van der Waals surface area contributed by atoms with E-state index in [0.717, 1.165) is 25.3 Å². The SMILES string of the molecule is CCC(CC)C(=O)N1CCCC1C1CCC1. The van der Waals surface area contributed by atoms with Crippen LogP contribution in [0.25, 0.3) is 0 Å². The van der Waals surface area contributed by atoms with Gasteiger partial charge in [-0.1, -0.05) is 20.3 Å². The van der Waals surface area contributed by atoms with Crippen LogP contribution in [-0.4, -0.2) is 23.4 Å². The Morgan fingerprint density at radius 2 is 1.88 bits per heavy atom. The highest BCUT2D eigenvalue weighted by molar-refractivity contribution is 5.79. The second-order valence-corrected chi connectivity index (χ2v) is 5.45. The molecule has 0 spiro atoms. The van der Waals surface area contributed by atoms with Crippen molar-refractivity contribution in [3.63, 3.8) is 0 Å². The first-order valence-corrected chi connectivity index (χ1v) is 7.08. The van der Waals surface area contributed by atoms with Gasteiger partial charge < -0.3 is 4.90 Å². The van der Waals surface area contributed by atoms with E-state index in [0.29, 0.717) is 11.9 Å². The fourth-order valence-electron chi connectivity index (χ4n) is 3.25. The zero-order valence-electron chi connectivity index (χ0n) is 10.7. The molecule has 0 N–H and O–H groups in total. The molecule has 1 amide bonds. The molecule has 1 aliphatic heterocycles. The van der Waals surface area contributed by atoms with Crippen molar-refractivity contribution in [3.8, 4) is 0 Å². The minimum absolute atomic E-state index is 0.278. The predicted octanol–water partition coefficient (Wildman–Crippen LogP) is 3.21. The van der Waals surface area contributed by atoms with E-state index in [-0.39, 0.29) is 5.92 Å². The van der Waals surface area contributed by atoms with Crippen molar-refractivity contribution in [1.82, 2.24) is 4.90 Å². The predicted molar refractivity (Wildman–Crippen MR) is 66.1 cm³/mol. The van der Waals surface area contributed by atoms with Gasteiger partial charge in [-0.2, -0.15) is 0 Å². The van der Waals surface area contributed by atoms with Crippen LogP contribution in [0.3, 0.4) is 0 Å². The Hall–Kier alpha value is -0.530. The van der Waals surface area contributed by atoms with Crippen molar-refractivity contribution < 1.29 is 4.79 Å². The molecule has 1 atom stereocenters. The number of amides is 1. The highest BCUT2D eigenvalue weighted by Gasteiger charge is 2.38. The van der Waals surface area contributed by atoms with Crippen LogP contribution < -0.4 is 0 Å². The van der Waals surface area contributed by atoms with E-state index in [2.05, 4.69) is 18.7 Å². The standard InChI is InChI=1S/C14H25NO/c1-3-11(4-2)14(16)15-10-6-9-13(15)12-7-5-8-12/h11-13H,3-10H2,1-2H3. The minimum atomic E-state index is 0.278. The normalized spacial score (nSPS) is 26.2. The summed E-state index contributed by atoms with van der Waals surface area (Å²) in [6, 6.07) is 0.599. The third-order valence-electron chi connectivity index (χ3n) is 4.61. The highest BCUT2D eigenvalue weighted by atomic mass is 16.2. The van der Waals surface area contributed by atoms with E-state index in [4.69, 9.17) is 0 Å². The van der Waals surface area contributed by atoms with Gasteiger partial charge in [0.2, 0.25) is 5.91 Å². The molecule has 1 unspecified atom stereocenters. The van der Waals surface area contributed by atoms with Gasteiger partial charge in [-0.05, 0) is 44.4 Å². The molecule has 0 bridgehead atoms. The van der Waals surface area contributed by atoms with E-state index < -0.39 is 0 Å². The number of carbonyl (C=O) groups is 1. The zero-order chi connectivity index (χ0) is 11.5. The number of nitrogens with zero attached hydrogens (tertiary/aromatic N) is 1. The Bertz CT molecular complexity index is 243. The van der Waals surface area contributed by atoms with Gasteiger partial charge in [0.05, 0.1) is 0 Å². The van der Waals surface area contributed by atoms with Gasteiger partial charge in [0.1, 0.15) is 0 Å². The van der Waals surface area contributed by atoms with Gasteiger partial charge in [0, 0.05) is 18.5 Å². The number of carbonyl (C=O) groups excluding carboxylic acids is 1. The van der Waals surface area contributed by atoms with E-state index in [1.807, 2.05) is 0 Å². The first-order valence-electron chi connectivity index (χ1n) is 7.08. The molecule has 1 aliphatic carbocycles. The van der Waals surface area contributed by atoms with E-state index >= 15 is 0 Å². The quantitative estimate of drug-likeness (QED) is 0.716. The van der Waals surface area contributed by atoms with Crippen LogP contribution in [0.2, 0.25) is 0 Å². The van der Waals surface area contributed by atoms with Crippen LogP contribution in [0.1, 0.15) is 58.8 Å². The fraction of sp³-hybridized carbons (Fsp3) is 0.929. The smallest absolute Gasteiger partial charge is 0.225 e. The van der Waals surface area contributed by atoms with Crippen LogP contribution >= 0.6 is 0 Å². The first-order chi connectivity index (χ1) is 7.77. The topological polar surface area (TPSA) is 20.3 Å².